The molecule has 1 aromatic rings. The van der Waals surface area contributed by atoms with Crippen LogP contribution in [0.5, 0.6) is 0 Å². The van der Waals surface area contributed by atoms with Crippen LogP contribution < -0.4 is 16.6 Å². The van der Waals surface area contributed by atoms with Crippen molar-refractivity contribution in [3.8, 4) is 0 Å². The van der Waals surface area contributed by atoms with Gasteiger partial charge in [0.1, 0.15) is 5.69 Å². The lowest BCUT2D eigenvalue weighted by molar-refractivity contribution is -0.118. The van der Waals surface area contributed by atoms with Crippen molar-refractivity contribution < 1.29 is 9.59 Å². The summed E-state index contributed by atoms with van der Waals surface area (Å²) in [4.78, 5) is 35.4. The number of aromatic amines is 1. The normalized spacial score (nSPS) is 9.88. The van der Waals surface area contributed by atoms with Gasteiger partial charge < -0.3 is 16.0 Å². The van der Waals surface area contributed by atoms with Crippen molar-refractivity contribution in [1.82, 2.24) is 10.3 Å². The molecule has 0 aliphatic carbocycles. The zero-order valence-corrected chi connectivity index (χ0v) is 9.36. The van der Waals surface area contributed by atoms with Gasteiger partial charge >= 0.3 is 0 Å². The lowest BCUT2D eigenvalue weighted by Crippen LogP contribution is -2.27. The van der Waals surface area contributed by atoms with Gasteiger partial charge in [-0.25, -0.2) is 0 Å². The third-order valence-corrected chi connectivity index (χ3v) is 2.15. The zero-order chi connectivity index (χ0) is 12.7. The minimum absolute atomic E-state index is 0.229. The molecule has 92 valence electrons. The summed E-state index contributed by atoms with van der Waals surface area (Å²) < 4.78 is 0. The standard InChI is InChI=1S/C11H15N3O3/c12-9(15)5-1-2-7-13-11(17)8-4-3-6-10(16)14-8/h3-4,6H,1-2,5,7H2,(H2,12,15)(H,13,17)(H,14,16). The quantitative estimate of drug-likeness (QED) is 0.594. The number of hydrogen-bond acceptors (Lipinski definition) is 3. The van der Waals surface area contributed by atoms with Gasteiger partial charge in [-0.15, -0.1) is 0 Å². The molecule has 0 saturated heterocycles. The van der Waals surface area contributed by atoms with Crippen LogP contribution in [0.1, 0.15) is 29.8 Å². The second-order valence-corrected chi connectivity index (χ2v) is 3.61. The number of aromatic nitrogens is 1. The number of amides is 2. The molecule has 0 bridgehead atoms. The first-order valence-corrected chi connectivity index (χ1v) is 5.35. The van der Waals surface area contributed by atoms with Gasteiger partial charge in [0, 0.05) is 19.0 Å². The van der Waals surface area contributed by atoms with E-state index in [1.165, 1.54) is 18.2 Å². The van der Waals surface area contributed by atoms with Gasteiger partial charge in [0.2, 0.25) is 11.5 Å². The molecular formula is C11H15N3O3. The Bertz CT molecular complexity index is 453. The van der Waals surface area contributed by atoms with E-state index in [-0.39, 0.29) is 23.1 Å². The van der Waals surface area contributed by atoms with E-state index in [1.54, 1.807) is 0 Å². The first kappa shape index (κ1) is 13.0. The molecule has 0 aromatic carbocycles. The summed E-state index contributed by atoms with van der Waals surface area (Å²) in [5.74, 6) is -0.675. The molecule has 6 nitrogen and oxygen atoms in total. The maximum absolute atomic E-state index is 11.5. The van der Waals surface area contributed by atoms with Gasteiger partial charge in [-0.2, -0.15) is 0 Å². The number of hydrogen-bond donors (Lipinski definition) is 3. The third kappa shape index (κ3) is 4.96. The predicted octanol–water partition coefficient (Wildman–Crippen LogP) is -0.240. The van der Waals surface area contributed by atoms with Gasteiger partial charge in [-0.1, -0.05) is 6.07 Å². The Balaban J connectivity index is 2.30. The van der Waals surface area contributed by atoms with E-state index >= 15 is 0 Å². The first-order chi connectivity index (χ1) is 8.09. The number of unbranched alkanes of at least 4 members (excludes halogenated alkanes) is 1. The van der Waals surface area contributed by atoms with E-state index in [1.807, 2.05) is 0 Å². The third-order valence-electron chi connectivity index (χ3n) is 2.15. The van der Waals surface area contributed by atoms with Crippen LogP contribution in [-0.2, 0) is 4.79 Å². The Morgan fingerprint density at radius 2 is 2.06 bits per heavy atom. The average Bonchev–Trinajstić information content (AvgIpc) is 2.28. The molecule has 2 amide bonds. The summed E-state index contributed by atoms with van der Waals surface area (Å²) in [5.41, 5.74) is 4.89. The van der Waals surface area contributed by atoms with Crippen LogP contribution in [0.15, 0.2) is 23.0 Å². The highest BCUT2D eigenvalue weighted by molar-refractivity contribution is 5.92. The van der Waals surface area contributed by atoms with E-state index in [0.717, 1.165) is 0 Å². The predicted molar refractivity (Wildman–Crippen MR) is 62.4 cm³/mol. The Hall–Kier alpha value is -2.11. The second kappa shape index (κ2) is 6.47. The van der Waals surface area contributed by atoms with Crippen molar-refractivity contribution in [2.45, 2.75) is 19.3 Å². The molecule has 6 heteroatoms. The smallest absolute Gasteiger partial charge is 0.267 e. The van der Waals surface area contributed by atoms with Crippen LogP contribution in [0, 0.1) is 0 Å². The van der Waals surface area contributed by atoms with Gasteiger partial charge in [0.05, 0.1) is 0 Å². The van der Waals surface area contributed by atoms with Gasteiger partial charge in [0.15, 0.2) is 0 Å². The molecule has 17 heavy (non-hydrogen) atoms. The monoisotopic (exact) mass is 237 g/mol. The molecule has 0 radical (unpaired) electrons. The number of carbonyl (C=O) groups is 2. The summed E-state index contributed by atoms with van der Waals surface area (Å²) in [6, 6.07) is 4.38. The summed E-state index contributed by atoms with van der Waals surface area (Å²) in [6.07, 6.45) is 1.63. The molecule has 0 saturated carbocycles. The summed E-state index contributed by atoms with van der Waals surface area (Å²) in [6.45, 7) is 0.447. The van der Waals surface area contributed by atoms with E-state index in [2.05, 4.69) is 10.3 Å². The van der Waals surface area contributed by atoms with Crippen molar-refractivity contribution >= 4 is 11.8 Å². The van der Waals surface area contributed by atoms with Gasteiger partial charge in [-0.3, -0.25) is 14.4 Å². The molecule has 0 aliphatic rings. The highest BCUT2D eigenvalue weighted by Gasteiger charge is 2.04. The molecule has 1 rings (SSSR count). The van der Waals surface area contributed by atoms with Crippen molar-refractivity contribution in [1.29, 1.82) is 0 Å². The Morgan fingerprint density at radius 1 is 1.29 bits per heavy atom. The van der Waals surface area contributed by atoms with Gasteiger partial charge in [-0.05, 0) is 18.9 Å². The summed E-state index contributed by atoms with van der Waals surface area (Å²) >= 11 is 0. The number of nitrogens with two attached hydrogens (primary N) is 1. The van der Waals surface area contributed by atoms with Crippen LogP contribution in [0.2, 0.25) is 0 Å². The minimum Gasteiger partial charge on any atom is -0.370 e. The molecule has 0 aliphatic heterocycles. The lowest BCUT2D eigenvalue weighted by Gasteiger charge is -2.04. The van der Waals surface area contributed by atoms with Crippen molar-refractivity contribution in [3.63, 3.8) is 0 Å². The highest BCUT2D eigenvalue weighted by Crippen LogP contribution is 1.94. The Kier molecular flexibility index (Phi) is 4.93. The largest absolute Gasteiger partial charge is 0.370 e. The maximum atomic E-state index is 11.5. The fraction of sp³-hybridized carbons (Fsp3) is 0.364. The number of H-pyrrole nitrogens is 1. The minimum atomic E-state index is -0.344. The molecule has 0 atom stereocenters. The number of pyridine rings is 1. The molecule has 4 N–H and O–H groups in total. The topological polar surface area (TPSA) is 105 Å². The fourth-order valence-electron chi connectivity index (χ4n) is 1.30. The first-order valence-electron chi connectivity index (χ1n) is 5.35. The second-order valence-electron chi connectivity index (χ2n) is 3.61. The number of nitrogens with one attached hydrogen (secondary N) is 2. The van der Waals surface area contributed by atoms with E-state index in [9.17, 15) is 14.4 Å². The van der Waals surface area contributed by atoms with Crippen LogP contribution in [0.25, 0.3) is 0 Å². The molecule has 0 unspecified atom stereocenters. The lowest BCUT2D eigenvalue weighted by atomic mass is 10.2. The van der Waals surface area contributed by atoms with Crippen LogP contribution in [-0.4, -0.2) is 23.3 Å². The van der Waals surface area contributed by atoms with Crippen LogP contribution >= 0.6 is 0 Å². The van der Waals surface area contributed by atoms with Crippen molar-refractivity contribution in [2.75, 3.05) is 6.54 Å². The molecular weight excluding hydrogens is 222 g/mol. The zero-order valence-electron chi connectivity index (χ0n) is 9.36. The number of primary amides is 1. The molecule has 1 heterocycles. The van der Waals surface area contributed by atoms with Gasteiger partial charge in [0.25, 0.3) is 5.91 Å². The van der Waals surface area contributed by atoms with Crippen molar-refractivity contribution in [3.05, 3.63) is 34.2 Å². The van der Waals surface area contributed by atoms with E-state index in [4.69, 9.17) is 5.73 Å². The molecule has 0 fully saturated rings. The Morgan fingerprint density at radius 3 is 2.71 bits per heavy atom. The number of rotatable bonds is 6. The average molecular weight is 237 g/mol. The Labute approximate surface area is 98.2 Å². The van der Waals surface area contributed by atoms with Crippen molar-refractivity contribution in [2.24, 2.45) is 5.73 Å². The van der Waals surface area contributed by atoms with Crippen LogP contribution in [0.4, 0.5) is 0 Å². The SMILES string of the molecule is NC(=O)CCCCNC(=O)c1cccc(=O)[nH]1. The molecule has 0 spiro atoms. The fourth-order valence-corrected chi connectivity index (χ4v) is 1.30. The summed E-state index contributed by atoms with van der Waals surface area (Å²) in [7, 11) is 0. The molecule has 1 aromatic heterocycles. The maximum Gasteiger partial charge on any atom is 0.267 e. The van der Waals surface area contributed by atoms with E-state index < -0.39 is 0 Å². The number of carbonyl (C=O) groups excluding carboxylic acids is 2. The summed E-state index contributed by atoms with van der Waals surface area (Å²) in [5, 5.41) is 2.64. The highest BCUT2D eigenvalue weighted by atomic mass is 16.2. The van der Waals surface area contributed by atoms with Crippen LogP contribution in [0.3, 0.4) is 0 Å². The van der Waals surface area contributed by atoms with E-state index in [0.29, 0.717) is 25.8 Å².